The molecule has 2 aliphatic rings. The van der Waals surface area contributed by atoms with E-state index in [1.807, 2.05) is 39.0 Å². The molecule has 3 aromatic rings. The predicted molar refractivity (Wildman–Crippen MR) is 152 cm³/mol. The van der Waals surface area contributed by atoms with Gasteiger partial charge in [0.15, 0.2) is 0 Å². The first-order valence-corrected chi connectivity index (χ1v) is 14.2. The predicted octanol–water partition coefficient (Wildman–Crippen LogP) is 4.36. The molecule has 11 heteroatoms. The molecule has 40 heavy (non-hydrogen) atoms. The van der Waals surface area contributed by atoms with Crippen LogP contribution in [0.1, 0.15) is 57.4 Å². The number of ether oxygens (including phenoxy) is 2. The van der Waals surface area contributed by atoms with Crippen LogP contribution in [0.15, 0.2) is 24.4 Å². The lowest BCUT2D eigenvalue weighted by Crippen LogP contribution is -2.59. The fourth-order valence-corrected chi connectivity index (χ4v) is 5.97. The van der Waals surface area contributed by atoms with Gasteiger partial charge in [0.2, 0.25) is 5.88 Å². The Bertz CT molecular complexity index is 1390. The number of hydrogen-bond acceptors (Lipinski definition) is 8. The van der Waals surface area contributed by atoms with Crippen molar-refractivity contribution >= 4 is 28.6 Å². The molecule has 2 aromatic heterocycles. The third kappa shape index (κ3) is 5.36. The van der Waals surface area contributed by atoms with E-state index in [4.69, 9.17) is 26.1 Å². The van der Waals surface area contributed by atoms with Gasteiger partial charge in [0.1, 0.15) is 11.2 Å². The second kappa shape index (κ2) is 10.8. The first-order valence-electron chi connectivity index (χ1n) is 13.8. The quantitative estimate of drug-likeness (QED) is 0.466. The summed E-state index contributed by atoms with van der Waals surface area (Å²) < 4.78 is 12.8. The molecule has 10 nitrogen and oxygen atoms in total. The van der Waals surface area contributed by atoms with E-state index in [0.29, 0.717) is 47.3 Å². The first-order chi connectivity index (χ1) is 18.9. The van der Waals surface area contributed by atoms with E-state index < -0.39 is 17.3 Å². The maximum Gasteiger partial charge on any atom is 0.410 e. The summed E-state index contributed by atoms with van der Waals surface area (Å²) >= 11 is 7.08. The molecule has 5 rings (SSSR count). The molecule has 0 saturated carbocycles. The number of halogens is 1. The number of aryl methyl sites for hydroxylation is 1. The summed E-state index contributed by atoms with van der Waals surface area (Å²) in [6.45, 7) is 11.1. The van der Waals surface area contributed by atoms with Gasteiger partial charge in [-0.25, -0.2) is 14.5 Å². The molecule has 1 N–H and O–H groups in total. The Labute approximate surface area is 240 Å². The number of fused-ring (bicyclic) bond motifs is 1. The van der Waals surface area contributed by atoms with Gasteiger partial charge in [0, 0.05) is 43.5 Å². The van der Waals surface area contributed by atoms with Gasteiger partial charge in [0.25, 0.3) is 0 Å². The summed E-state index contributed by atoms with van der Waals surface area (Å²) in [7, 11) is 3.36. The smallest absolute Gasteiger partial charge is 0.410 e. The van der Waals surface area contributed by atoms with Crippen LogP contribution in [-0.2, 0) is 23.9 Å². The number of amides is 1. The molecule has 1 unspecified atom stereocenters. The Balaban J connectivity index is 1.51. The van der Waals surface area contributed by atoms with Crippen LogP contribution in [-0.4, -0.2) is 79.9 Å². The summed E-state index contributed by atoms with van der Waals surface area (Å²) in [4.78, 5) is 21.4. The highest BCUT2D eigenvalue weighted by Crippen LogP contribution is 2.43. The molecule has 1 amide bonds. The minimum Gasteiger partial charge on any atom is -0.481 e. The Morgan fingerprint density at radius 3 is 2.50 bits per heavy atom. The van der Waals surface area contributed by atoms with Gasteiger partial charge in [-0.15, -0.1) is 5.10 Å². The van der Waals surface area contributed by atoms with Crippen LogP contribution in [0.3, 0.4) is 0 Å². The van der Waals surface area contributed by atoms with Gasteiger partial charge in [-0.2, -0.15) is 0 Å². The molecule has 1 atom stereocenters. The minimum absolute atomic E-state index is 0.311. The van der Waals surface area contributed by atoms with Crippen molar-refractivity contribution in [2.75, 3.05) is 33.3 Å². The number of pyridine rings is 1. The van der Waals surface area contributed by atoms with Crippen LogP contribution in [0.5, 0.6) is 5.88 Å². The average Bonchev–Trinajstić information content (AvgIpc) is 3.30. The number of nitrogens with zero attached hydrogens (tertiary/aromatic N) is 6. The molecule has 2 fully saturated rings. The molecule has 0 spiro atoms. The number of piperidine rings is 1. The number of aromatic nitrogens is 4. The third-order valence-electron chi connectivity index (χ3n) is 8.10. The minimum atomic E-state index is -1.47. The fourth-order valence-electron chi connectivity index (χ4n) is 5.68. The SMILES string of the molecule is COc1nc2ccc(C(O)(c3cnnn3C)C3CN(C(=O)OC(C)(C)C)C3)cc2c(Cl)c1CN1CCC(C)CC1. The van der Waals surface area contributed by atoms with Crippen LogP contribution in [0.2, 0.25) is 5.02 Å². The summed E-state index contributed by atoms with van der Waals surface area (Å²) in [5.74, 6) is 0.930. The van der Waals surface area contributed by atoms with Crippen molar-refractivity contribution in [3.05, 3.63) is 46.2 Å². The standard InChI is InChI=1S/C29H39ClN6O4/c1-18-9-11-35(12-10-18)17-22-25(30)21-13-19(7-8-23(21)32-26(22)39-6)29(38,24-14-31-33-34(24)5)20-15-36(16-20)27(37)40-28(2,3)4/h7-8,13-14,18,20,38H,9-12,15-17H2,1-6H3. The van der Waals surface area contributed by atoms with Crippen molar-refractivity contribution in [3.63, 3.8) is 0 Å². The van der Waals surface area contributed by atoms with Crippen LogP contribution >= 0.6 is 11.6 Å². The number of methoxy groups -OCH3 is 1. The number of aliphatic hydroxyl groups is 1. The van der Waals surface area contributed by atoms with Crippen molar-refractivity contribution < 1.29 is 19.4 Å². The average molecular weight is 571 g/mol. The van der Waals surface area contributed by atoms with E-state index in [2.05, 4.69) is 22.1 Å². The van der Waals surface area contributed by atoms with E-state index in [1.165, 1.54) is 0 Å². The first kappa shape index (κ1) is 28.6. The van der Waals surface area contributed by atoms with Gasteiger partial charge in [-0.05, 0) is 70.3 Å². The number of likely N-dealkylation sites (tertiary alicyclic amines) is 2. The topological polar surface area (TPSA) is 106 Å². The Hall–Kier alpha value is -2.95. The van der Waals surface area contributed by atoms with E-state index >= 15 is 0 Å². The Kier molecular flexibility index (Phi) is 7.71. The van der Waals surface area contributed by atoms with Crippen molar-refractivity contribution in [1.82, 2.24) is 29.8 Å². The molecule has 2 aliphatic heterocycles. The fraction of sp³-hybridized carbons (Fsp3) is 0.586. The maximum atomic E-state index is 12.7. The Morgan fingerprint density at radius 2 is 1.90 bits per heavy atom. The van der Waals surface area contributed by atoms with Gasteiger partial charge in [-0.1, -0.05) is 29.8 Å². The molecule has 2 saturated heterocycles. The largest absolute Gasteiger partial charge is 0.481 e. The maximum absolute atomic E-state index is 12.7. The highest BCUT2D eigenvalue weighted by Gasteiger charge is 2.50. The van der Waals surface area contributed by atoms with E-state index in [1.54, 1.807) is 29.9 Å². The zero-order chi connectivity index (χ0) is 28.8. The van der Waals surface area contributed by atoms with Crippen molar-refractivity contribution in [3.8, 4) is 5.88 Å². The molecule has 1 aromatic carbocycles. The Morgan fingerprint density at radius 1 is 1.20 bits per heavy atom. The molecule has 4 heterocycles. The van der Waals surface area contributed by atoms with Gasteiger partial charge in [-0.3, -0.25) is 4.90 Å². The molecule has 0 radical (unpaired) electrons. The van der Waals surface area contributed by atoms with Crippen LogP contribution < -0.4 is 4.74 Å². The lowest BCUT2D eigenvalue weighted by atomic mass is 9.74. The van der Waals surface area contributed by atoms with Crippen molar-refractivity contribution in [2.45, 2.75) is 58.3 Å². The zero-order valence-electron chi connectivity index (χ0n) is 24.1. The highest BCUT2D eigenvalue weighted by molar-refractivity contribution is 6.36. The number of hydrogen-bond donors (Lipinski definition) is 1. The summed E-state index contributed by atoms with van der Waals surface area (Å²) in [6, 6.07) is 5.60. The zero-order valence-corrected chi connectivity index (χ0v) is 24.9. The molecular formula is C29H39ClN6O4. The summed E-state index contributed by atoms with van der Waals surface area (Å²) in [5.41, 5.74) is 0.603. The molecule has 0 bridgehead atoms. The number of rotatable bonds is 6. The second-order valence-electron chi connectivity index (χ2n) is 12.2. The van der Waals surface area contributed by atoms with Gasteiger partial charge in [0.05, 0.1) is 29.5 Å². The number of benzene rings is 1. The molecular weight excluding hydrogens is 532 g/mol. The third-order valence-corrected chi connectivity index (χ3v) is 8.53. The van der Waals surface area contributed by atoms with E-state index in [9.17, 15) is 9.90 Å². The van der Waals surface area contributed by atoms with Crippen molar-refractivity contribution in [1.29, 1.82) is 0 Å². The normalized spacial score (nSPS) is 18.9. The van der Waals surface area contributed by atoms with Crippen LogP contribution in [0, 0.1) is 11.8 Å². The monoisotopic (exact) mass is 570 g/mol. The van der Waals surface area contributed by atoms with Crippen molar-refractivity contribution in [2.24, 2.45) is 18.9 Å². The number of carbonyl (C=O) groups is 1. The van der Waals surface area contributed by atoms with E-state index in [0.717, 1.165) is 42.8 Å². The van der Waals surface area contributed by atoms with E-state index in [-0.39, 0.29) is 5.92 Å². The molecule has 0 aliphatic carbocycles. The van der Waals surface area contributed by atoms with Crippen LogP contribution in [0.4, 0.5) is 4.79 Å². The van der Waals surface area contributed by atoms with Gasteiger partial charge < -0.3 is 19.5 Å². The lowest BCUT2D eigenvalue weighted by Gasteiger charge is -2.47. The lowest BCUT2D eigenvalue weighted by molar-refractivity contribution is -0.0725. The second-order valence-corrected chi connectivity index (χ2v) is 12.6. The van der Waals surface area contributed by atoms with Crippen LogP contribution in [0.25, 0.3) is 10.9 Å². The van der Waals surface area contributed by atoms with Gasteiger partial charge >= 0.3 is 6.09 Å². The molecule has 216 valence electrons. The number of carbonyl (C=O) groups excluding carboxylic acids is 1. The summed E-state index contributed by atoms with van der Waals surface area (Å²) in [5, 5.41) is 21.8. The summed E-state index contributed by atoms with van der Waals surface area (Å²) in [6.07, 6.45) is 3.47. The highest BCUT2D eigenvalue weighted by atomic mass is 35.5.